The molecule has 2 amide bonds. The quantitative estimate of drug-likeness (QED) is 0.482. The number of rotatable bonds is 5. The van der Waals surface area contributed by atoms with Gasteiger partial charge in [0.25, 0.3) is 0 Å². The van der Waals surface area contributed by atoms with Crippen LogP contribution in [-0.2, 0) is 4.74 Å². The van der Waals surface area contributed by atoms with Crippen LogP contribution in [0.2, 0.25) is 0 Å². The van der Waals surface area contributed by atoms with Gasteiger partial charge >= 0.3 is 6.03 Å². The molecule has 0 heterocycles. The van der Waals surface area contributed by atoms with Crippen molar-refractivity contribution < 1.29 is 9.53 Å². The standard InChI is InChI=1S/C7H14O.CH4N2O/c1-3-5-7-8-6-4-2;2-1(3)4/h4H,2-3,5-7H2,1H3;(H4,2,3,4). The van der Waals surface area contributed by atoms with Crippen molar-refractivity contribution in [2.45, 2.75) is 19.8 Å². The van der Waals surface area contributed by atoms with Crippen molar-refractivity contribution in [3.8, 4) is 0 Å². The van der Waals surface area contributed by atoms with Crippen LogP contribution >= 0.6 is 0 Å². The van der Waals surface area contributed by atoms with Gasteiger partial charge in [0.2, 0.25) is 0 Å². The number of carbonyl (C=O) groups excluding carboxylic acids is 1. The molecule has 0 unspecified atom stereocenters. The largest absolute Gasteiger partial charge is 0.377 e. The van der Waals surface area contributed by atoms with Gasteiger partial charge in [-0.25, -0.2) is 4.79 Å². The molecule has 12 heavy (non-hydrogen) atoms. The third-order valence-corrected chi connectivity index (χ3v) is 0.878. The average molecular weight is 174 g/mol. The van der Waals surface area contributed by atoms with E-state index in [9.17, 15) is 0 Å². The first-order chi connectivity index (χ1) is 5.65. The molecule has 0 rings (SSSR count). The zero-order valence-corrected chi connectivity index (χ0v) is 7.58. The zero-order valence-electron chi connectivity index (χ0n) is 7.58. The van der Waals surface area contributed by atoms with Crippen LogP contribution in [0.15, 0.2) is 12.7 Å². The molecule has 0 aromatic heterocycles. The molecule has 0 bridgehead atoms. The van der Waals surface area contributed by atoms with Gasteiger partial charge in [0.15, 0.2) is 0 Å². The number of unbranched alkanes of at least 4 members (excludes halogenated alkanes) is 1. The first-order valence-electron chi connectivity index (χ1n) is 3.88. The Morgan fingerprint density at radius 3 is 2.42 bits per heavy atom. The molecular weight excluding hydrogens is 156 g/mol. The average Bonchev–Trinajstić information content (AvgIpc) is 1.97. The summed E-state index contributed by atoms with van der Waals surface area (Å²) in [6, 6.07) is -0.833. The SMILES string of the molecule is C=CCOCCCC.NC(N)=O. The molecule has 0 radical (unpaired) electrons. The van der Waals surface area contributed by atoms with Crippen LogP contribution in [-0.4, -0.2) is 19.2 Å². The van der Waals surface area contributed by atoms with E-state index in [0.717, 1.165) is 13.0 Å². The first kappa shape index (κ1) is 13.6. The van der Waals surface area contributed by atoms with Gasteiger partial charge in [-0.1, -0.05) is 19.4 Å². The maximum absolute atomic E-state index is 9.00. The highest BCUT2D eigenvalue weighted by Gasteiger charge is 1.79. The predicted octanol–water partition coefficient (Wildman–Crippen LogP) is 1.01. The molecule has 0 saturated carbocycles. The Kier molecular flexibility index (Phi) is 14.3. The third kappa shape index (κ3) is 36.2. The monoisotopic (exact) mass is 174 g/mol. The minimum atomic E-state index is -0.833. The van der Waals surface area contributed by atoms with Gasteiger partial charge in [0.05, 0.1) is 6.61 Å². The van der Waals surface area contributed by atoms with E-state index in [1.54, 1.807) is 6.08 Å². The lowest BCUT2D eigenvalue weighted by Crippen LogP contribution is -2.18. The van der Waals surface area contributed by atoms with E-state index >= 15 is 0 Å². The maximum atomic E-state index is 9.00. The second kappa shape index (κ2) is 12.6. The van der Waals surface area contributed by atoms with E-state index in [1.165, 1.54) is 6.42 Å². The number of hydrogen-bond donors (Lipinski definition) is 2. The number of urea groups is 1. The number of hydrogen-bond acceptors (Lipinski definition) is 2. The lowest BCUT2D eigenvalue weighted by Gasteiger charge is -1.95. The van der Waals surface area contributed by atoms with E-state index in [-0.39, 0.29) is 0 Å². The van der Waals surface area contributed by atoms with Crippen molar-refractivity contribution >= 4 is 6.03 Å². The molecule has 72 valence electrons. The van der Waals surface area contributed by atoms with Crippen LogP contribution in [0.4, 0.5) is 4.79 Å². The number of amides is 2. The lowest BCUT2D eigenvalue weighted by atomic mass is 10.4. The minimum Gasteiger partial charge on any atom is -0.377 e. The summed E-state index contributed by atoms with van der Waals surface area (Å²) in [6.45, 7) is 7.26. The van der Waals surface area contributed by atoms with E-state index in [4.69, 9.17) is 9.53 Å². The van der Waals surface area contributed by atoms with Gasteiger partial charge in [0, 0.05) is 6.61 Å². The van der Waals surface area contributed by atoms with Crippen molar-refractivity contribution in [3.63, 3.8) is 0 Å². The smallest absolute Gasteiger partial charge is 0.309 e. The van der Waals surface area contributed by atoms with Crippen molar-refractivity contribution in [2.75, 3.05) is 13.2 Å². The number of ether oxygens (including phenoxy) is 1. The Morgan fingerprint density at radius 1 is 1.58 bits per heavy atom. The lowest BCUT2D eigenvalue weighted by molar-refractivity contribution is 0.159. The van der Waals surface area contributed by atoms with Gasteiger partial charge in [-0.2, -0.15) is 0 Å². The van der Waals surface area contributed by atoms with Gasteiger partial charge in [-0.15, -0.1) is 6.58 Å². The normalized spacial score (nSPS) is 8.08. The van der Waals surface area contributed by atoms with Crippen molar-refractivity contribution in [1.82, 2.24) is 0 Å². The molecular formula is C8H18N2O2. The van der Waals surface area contributed by atoms with Crippen molar-refractivity contribution in [2.24, 2.45) is 11.5 Å². The molecule has 0 aliphatic rings. The Hall–Kier alpha value is -1.03. The van der Waals surface area contributed by atoms with Crippen LogP contribution in [0.3, 0.4) is 0 Å². The number of nitrogens with two attached hydrogens (primary N) is 2. The van der Waals surface area contributed by atoms with Gasteiger partial charge in [-0.3, -0.25) is 0 Å². The van der Waals surface area contributed by atoms with Crippen molar-refractivity contribution in [1.29, 1.82) is 0 Å². The summed E-state index contributed by atoms with van der Waals surface area (Å²) in [5, 5.41) is 0. The Bertz CT molecular complexity index is 112. The van der Waals surface area contributed by atoms with E-state index < -0.39 is 6.03 Å². The molecule has 0 spiro atoms. The summed E-state index contributed by atoms with van der Waals surface area (Å²) in [5.41, 5.74) is 8.50. The fourth-order valence-corrected chi connectivity index (χ4v) is 0.413. The predicted molar refractivity (Wildman–Crippen MR) is 49.7 cm³/mol. The summed E-state index contributed by atoms with van der Waals surface area (Å²) < 4.78 is 5.11. The molecule has 4 nitrogen and oxygen atoms in total. The van der Waals surface area contributed by atoms with Crippen molar-refractivity contribution in [3.05, 3.63) is 12.7 Å². The molecule has 0 aliphatic heterocycles. The third-order valence-electron chi connectivity index (χ3n) is 0.878. The van der Waals surface area contributed by atoms with Crippen LogP contribution in [0.25, 0.3) is 0 Å². The van der Waals surface area contributed by atoms with Gasteiger partial charge < -0.3 is 16.2 Å². The van der Waals surface area contributed by atoms with Crippen LogP contribution < -0.4 is 11.5 Å². The molecule has 4 heteroatoms. The highest BCUT2D eigenvalue weighted by atomic mass is 16.5. The first-order valence-corrected chi connectivity index (χ1v) is 3.88. The van der Waals surface area contributed by atoms with Crippen LogP contribution in [0, 0.1) is 0 Å². The molecule has 0 saturated heterocycles. The molecule has 0 aromatic rings. The summed E-state index contributed by atoms with van der Waals surface area (Å²) in [7, 11) is 0. The number of primary amides is 2. The summed E-state index contributed by atoms with van der Waals surface area (Å²) in [6.07, 6.45) is 4.14. The van der Waals surface area contributed by atoms with Gasteiger partial charge in [0.1, 0.15) is 0 Å². The van der Waals surface area contributed by atoms with Gasteiger partial charge in [-0.05, 0) is 6.42 Å². The summed E-state index contributed by atoms with van der Waals surface area (Å²) >= 11 is 0. The molecule has 0 atom stereocenters. The second-order valence-corrected chi connectivity index (χ2v) is 2.12. The Labute approximate surface area is 73.6 Å². The highest BCUT2D eigenvalue weighted by Crippen LogP contribution is 1.86. The fraction of sp³-hybridized carbons (Fsp3) is 0.625. The Balaban J connectivity index is 0. The van der Waals surface area contributed by atoms with E-state index in [2.05, 4.69) is 25.0 Å². The summed E-state index contributed by atoms with van der Waals surface area (Å²) in [5.74, 6) is 0. The van der Waals surface area contributed by atoms with Crippen LogP contribution in [0.5, 0.6) is 0 Å². The number of carbonyl (C=O) groups is 1. The maximum Gasteiger partial charge on any atom is 0.309 e. The molecule has 4 N–H and O–H groups in total. The topological polar surface area (TPSA) is 78.3 Å². The van der Waals surface area contributed by atoms with Crippen LogP contribution in [0.1, 0.15) is 19.8 Å². The molecule has 0 aromatic carbocycles. The zero-order chi connectivity index (χ0) is 9.82. The highest BCUT2D eigenvalue weighted by molar-refractivity contribution is 5.69. The van der Waals surface area contributed by atoms with E-state index in [0.29, 0.717) is 6.61 Å². The molecule has 0 aliphatic carbocycles. The minimum absolute atomic E-state index is 0.694. The Morgan fingerprint density at radius 2 is 2.08 bits per heavy atom. The molecule has 0 fully saturated rings. The summed E-state index contributed by atoms with van der Waals surface area (Å²) in [4.78, 5) is 9.00. The van der Waals surface area contributed by atoms with E-state index in [1.807, 2.05) is 0 Å². The second-order valence-electron chi connectivity index (χ2n) is 2.12. The fourth-order valence-electron chi connectivity index (χ4n) is 0.413.